The zero-order valence-corrected chi connectivity index (χ0v) is 65.0. The molecule has 0 radical (unpaired) electrons. The second-order valence-electron chi connectivity index (χ2n) is 29.2. The van der Waals surface area contributed by atoms with Crippen LogP contribution in [0.2, 0.25) is 0 Å². The molecule has 0 aromatic heterocycles. The number of unbranched alkanes of at least 4 members (excludes halogenated alkanes) is 42. The second-order valence-corrected chi connectivity index (χ2v) is 29.2. The molecule has 4 N–H and O–H groups in total. The van der Waals surface area contributed by atoms with Crippen molar-refractivity contribution >= 4 is 48.1 Å². The van der Waals surface area contributed by atoms with Gasteiger partial charge in [0, 0.05) is 19.3 Å². The van der Waals surface area contributed by atoms with Gasteiger partial charge in [0.05, 0.1) is 32.5 Å². The number of hydrogen-bond acceptors (Lipinski definition) is 16. The molecule has 1 aliphatic heterocycles. The van der Waals surface area contributed by atoms with E-state index in [4.69, 9.17) is 33.2 Å². The van der Waals surface area contributed by atoms with E-state index in [1.54, 1.807) is 0 Å². The van der Waals surface area contributed by atoms with E-state index >= 15 is 0 Å². The molecule has 0 saturated carbocycles. The molecule has 0 aromatic carbocycles. The number of nitrogens with one attached hydrogen (secondary N) is 2. The summed E-state index contributed by atoms with van der Waals surface area (Å²) in [7, 11) is 0. The first kappa shape index (κ1) is 94.7. The third kappa shape index (κ3) is 53.1. The molecule has 101 heavy (non-hydrogen) atoms. The Morgan fingerprint density at radius 1 is 0.396 bits per heavy atom. The van der Waals surface area contributed by atoms with Crippen LogP contribution in [-0.4, -0.2) is 127 Å². The van der Waals surface area contributed by atoms with Crippen molar-refractivity contribution < 1.29 is 81.7 Å². The van der Waals surface area contributed by atoms with Gasteiger partial charge in [-0.05, 0) is 57.8 Å². The summed E-state index contributed by atoms with van der Waals surface area (Å²) in [5.74, 6) is -5.03. The van der Waals surface area contributed by atoms with Gasteiger partial charge in [-0.25, -0.2) is 4.79 Å². The van der Waals surface area contributed by atoms with Crippen molar-refractivity contribution in [1.82, 2.24) is 10.6 Å². The molecule has 590 valence electrons. The minimum absolute atomic E-state index is 0.105. The van der Waals surface area contributed by atoms with Gasteiger partial charge in [0.2, 0.25) is 11.8 Å². The highest BCUT2D eigenvalue weighted by Gasteiger charge is 2.51. The molecule has 0 aliphatic carbocycles. The minimum Gasteiger partial charge on any atom is -0.480 e. The summed E-state index contributed by atoms with van der Waals surface area (Å²) in [6, 6.07) is -3.31. The van der Waals surface area contributed by atoms with Crippen LogP contribution in [0.5, 0.6) is 0 Å². The molecule has 1 fully saturated rings. The van der Waals surface area contributed by atoms with Crippen molar-refractivity contribution in [3.8, 4) is 0 Å². The average Bonchev–Trinajstić information content (AvgIpc) is 0.787. The molecule has 1 rings (SSSR count). The quantitative estimate of drug-likeness (QED) is 0.0191. The molecule has 0 aromatic rings. The fourth-order valence-corrected chi connectivity index (χ4v) is 13.4. The van der Waals surface area contributed by atoms with E-state index in [9.17, 15) is 48.6 Å². The summed E-state index contributed by atoms with van der Waals surface area (Å²) < 4.78 is 42.5. The van der Waals surface area contributed by atoms with Crippen LogP contribution < -0.4 is 10.6 Å². The molecule has 2 amide bonds. The number of aliphatic hydroxyl groups excluding tert-OH is 1. The molecule has 1 heterocycles. The Bertz CT molecular complexity index is 2050. The van der Waals surface area contributed by atoms with Gasteiger partial charge in [0.25, 0.3) is 6.47 Å². The smallest absolute Gasteiger partial charge is 0.328 e. The van der Waals surface area contributed by atoms with Crippen LogP contribution in [0.15, 0.2) is 0 Å². The number of amides is 2. The van der Waals surface area contributed by atoms with E-state index in [1.807, 2.05) is 0 Å². The fourth-order valence-electron chi connectivity index (χ4n) is 13.4. The summed E-state index contributed by atoms with van der Waals surface area (Å²) >= 11 is 0. The van der Waals surface area contributed by atoms with Gasteiger partial charge in [-0.1, -0.05) is 311 Å². The highest BCUT2D eigenvalue weighted by molar-refractivity contribution is 5.84. The molecule has 19 nitrogen and oxygen atoms in total. The molecule has 0 bridgehead atoms. The third-order valence-corrected chi connectivity index (χ3v) is 19.7. The molecule has 1 aliphatic rings. The lowest BCUT2D eigenvalue weighted by Crippen LogP contribution is -2.67. The molecular formula is C82H150N2O17. The standard InChI is InChI=1S/C82H150N2O17/c1-7-13-19-25-31-34-40-43-49-55-67(97-74(89)58-52-46-37-28-22-16-10-4)61-72(87)83-70(81(93)94)65-95-82-78(84-73(88)62-68(56-50-44-41-35-32-26-20-14-8-2)98-75(90)59-53-47-38-29-23-17-11-5)80(79(96-66-86)71(64-85)100-82)101-77(92)63-69(57-51-45-42-36-33-27-21-15-9-3)99-76(91)60-54-48-39-30-24-18-12-6/h66-71,78-80,82,85H,7-65H2,1-6H3,(H,83,87)(H,84,88)(H,93,94)/t67-,68-,69-,70-,71?,78?,79+,80-,82-/m1/s1. The summed E-state index contributed by atoms with van der Waals surface area (Å²) in [6.45, 7) is 11.6. The molecule has 0 spiro atoms. The first-order valence-electron chi connectivity index (χ1n) is 41.8. The van der Waals surface area contributed by atoms with Crippen molar-refractivity contribution in [2.45, 2.75) is 463 Å². The normalized spacial score (nSPS) is 17.1. The number of aliphatic hydroxyl groups is 1. The molecule has 1 saturated heterocycles. The largest absolute Gasteiger partial charge is 0.480 e. The van der Waals surface area contributed by atoms with Gasteiger partial charge < -0.3 is 54.0 Å². The molecular weight excluding hydrogens is 1280 g/mol. The Morgan fingerprint density at radius 3 is 1.02 bits per heavy atom. The number of rotatable bonds is 73. The number of carbonyl (C=O) groups is 8. The van der Waals surface area contributed by atoms with Gasteiger partial charge in [0.1, 0.15) is 30.5 Å². The van der Waals surface area contributed by atoms with Crippen LogP contribution in [0.3, 0.4) is 0 Å². The van der Waals surface area contributed by atoms with Crippen LogP contribution in [0.1, 0.15) is 408 Å². The predicted molar refractivity (Wildman–Crippen MR) is 401 cm³/mol. The highest BCUT2D eigenvalue weighted by atomic mass is 16.7. The summed E-state index contributed by atoms with van der Waals surface area (Å²) in [6.07, 6.45) is 41.4. The second kappa shape index (κ2) is 67.5. The number of carboxylic acids is 1. The third-order valence-electron chi connectivity index (χ3n) is 19.7. The van der Waals surface area contributed by atoms with Gasteiger partial charge in [0.15, 0.2) is 24.5 Å². The van der Waals surface area contributed by atoms with Gasteiger partial charge >= 0.3 is 29.8 Å². The number of aliphatic carboxylic acids is 1. The lowest BCUT2D eigenvalue weighted by atomic mass is 9.95. The Labute approximate surface area is 613 Å². The van der Waals surface area contributed by atoms with Crippen LogP contribution >= 0.6 is 0 Å². The van der Waals surface area contributed by atoms with Crippen LogP contribution in [0, 0.1) is 0 Å². The van der Waals surface area contributed by atoms with E-state index in [1.165, 1.54) is 96.3 Å². The average molecular weight is 1440 g/mol. The summed E-state index contributed by atoms with van der Waals surface area (Å²) in [5, 5.41) is 27.0. The maximum Gasteiger partial charge on any atom is 0.328 e. The first-order chi connectivity index (χ1) is 49.2. The van der Waals surface area contributed by atoms with Crippen molar-refractivity contribution in [3.63, 3.8) is 0 Å². The van der Waals surface area contributed by atoms with Gasteiger partial charge in [-0.15, -0.1) is 0 Å². The highest BCUT2D eigenvalue weighted by Crippen LogP contribution is 2.30. The molecule has 2 unspecified atom stereocenters. The van der Waals surface area contributed by atoms with Crippen LogP contribution in [0.25, 0.3) is 0 Å². The monoisotopic (exact) mass is 1440 g/mol. The van der Waals surface area contributed by atoms with Crippen LogP contribution in [-0.2, 0) is 71.5 Å². The Kier molecular flexibility index (Phi) is 63.3. The van der Waals surface area contributed by atoms with Gasteiger partial charge in [-0.3, -0.25) is 33.6 Å². The van der Waals surface area contributed by atoms with E-state index in [0.29, 0.717) is 57.8 Å². The summed E-state index contributed by atoms with van der Waals surface area (Å²) in [4.78, 5) is 109. The van der Waals surface area contributed by atoms with Crippen molar-refractivity contribution in [1.29, 1.82) is 0 Å². The van der Waals surface area contributed by atoms with Crippen molar-refractivity contribution in [2.75, 3.05) is 13.2 Å². The van der Waals surface area contributed by atoms with Crippen molar-refractivity contribution in [2.24, 2.45) is 0 Å². The number of carboxylic acid groups (broad SMARTS) is 1. The van der Waals surface area contributed by atoms with E-state index in [0.717, 1.165) is 173 Å². The van der Waals surface area contributed by atoms with Gasteiger partial charge in [-0.2, -0.15) is 0 Å². The van der Waals surface area contributed by atoms with E-state index in [-0.39, 0.29) is 38.6 Å². The predicted octanol–water partition coefficient (Wildman–Crippen LogP) is 19.3. The van der Waals surface area contributed by atoms with Crippen molar-refractivity contribution in [3.05, 3.63) is 0 Å². The zero-order valence-electron chi connectivity index (χ0n) is 65.0. The SMILES string of the molecule is CCCCCCCCCCC[C@H](CC(=O)NC1[C@H](OC[C@@H](NC(=O)C[C@@H](CCCCCCCCCCC)OC(=O)CCCCCCCCC)C(=O)O)OC(CO)[C@H](OC=O)[C@@H]1OC(=O)C[C@@H](CCCCCCCCCCC)OC(=O)CCCCCCCCC)OC(=O)CCCCCCCCC. The molecule has 9 atom stereocenters. The van der Waals surface area contributed by atoms with E-state index < -0.39 is 116 Å². The number of ether oxygens (including phenoxy) is 7. The molecule has 19 heteroatoms. The Balaban J connectivity index is 3.76. The first-order valence-corrected chi connectivity index (χ1v) is 41.8. The maximum atomic E-state index is 14.8. The van der Waals surface area contributed by atoms with E-state index in [2.05, 4.69) is 52.2 Å². The maximum absolute atomic E-state index is 14.8. The Morgan fingerprint density at radius 2 is 0.703 bits per heavy atom. The zero-order chi connectivity index (χ0) is 74.0. The Hall–Kier alpha value is -4.36. The fraction of sp³-hybridized carbons (Fsp3) is 0.902. The lowest BCUT2D eigenvalue weighted by Gasteiger charge is -2.44. The summed E-state index contributed by atoms with van der Waals surface area (Å²) in [5.41, 5.74) is 0. The number of carbonyl (C=O) groups excluding carboxylic acids is 7. The van der Waals surface area contributed by atoms with Crippen LogP contribution in [0.4, 0.5) is 0 Å². The number of esters is 4. The number of hydrogen-bond donors (Lipinski definition) is 4. The topological polar surface area (TPSA) is 266 Å². The lowest BCUT2D eigenvalue weighted by molar-refractivity contribution is -0.276. The minimum atomic E-state index is -1.73.